The third-order valence-corrected chi connectivity index (χ3v) is 6.08. The molecule has 0 bridgehead atoms. The normalized spacial score (nSPS) is 14.2. The first kappa shape index (κ1) is 19.6. The highest BCUT2D eigenvalue weighted by Crippen LogP contribution is 2.39. The first-order chi connectivity index (χ1) is 14.7. The van der Waals surface area contributed by atoms with Crippen LogP contribution in [0.15, 0.2) is 36.4 Å². The molecule has 0 saturated heterocycles. The lowest BCUT2D eigenvalue weighted by molar-refractivity contribution is -0.0587. The van der Waals surface area contributed by atoms with Gasteiger partial charge in [0.1, 0.15) is 5.71 Å². The summed E-state index contributed by atoms with van der Waals surface area (Å²) < 4.78 is 39.5. The van der Waals surface area contributed by atoms with Crippen molar-refractivity contribution >= 4 is 33.2 Å². The third kappa shape index (κ3) is 3.15. The maximum Gasteiger partial charge on any atom is 0.433 e. The van der Waals surface area contributed by atoms with E-state index in [2.05, 4.69) is 11.1 Å². The number of aromatic amines is 1. The number of H-pyrrole nitrogens is 1. The quantitative estimate of drug-likeness (QED) is 0.270. The van der Waals surface area contributed by atoms with Gasteiger partial charge in [0.15, 0.2) is 0 Å². The lowest BCUT2D eigenvalue weighted by Gasteiger charge is -2.22. The van der Waals surface area contributed by atoms with Gasteiger partial charge < -0.3 is 10.7 Å². The Morgan fingerprint density at radius 3 is 2.55 bits per heavy atom. The van der Waals surface area contributed by atoms with Gasteiger partial charge in [0, 0.05) is 38.8 Å². The summed E-state index contributed by atoms with van der Waals surface area (Å²) in [5.74, 6) is 0. The number of nitrogens with zero attached hydrogens (tertiary/aromatic N) is 1. The van der Waals surface area contributed by atoms with Gasteiger partial charge in [-0.15, -0.1) is 0 Å². The molecule has 0 radical (unpaired) electrons. The van der Waals surface area contributed by atoms with Crippen molar-refractivity contribution in [3.05, 3.63) is 58.8 Å². The molecule has 4 aromatic rings. The molecule has 0 amide bonds. The van der Waals surface area contributed by atoms with E-state index in [-0.39, 0.29) is 11.3 Å². The minimum Gasteiger partial charge on any atom is -0.398 e. The predicted octanol–water partition coefficient (Wildman–Crippen LogP) is 6.08. The number of nitrogens with two attached hydrogens (primary N) is 1. The maximum atomic E-state index is 13.2. The standard InChI is InChI=1S/C24H21F3N4/c1-12-10-17-19(30-12)8-9-20-21(17)14-4-2-3-5-15(14)22(31-20)13-6-7-18(28)16(11-13)23(29)24(25,26)27/h6-11,29-30H,2-5,28H2,1H3. The summed E-state index contributed by atoms with van der Waals surface area (Å²) in [7, 11) is 0. The molecule has 7 heteroatoms. The van der Waals surface area contributed by atoms with Crippen LogP contribution in [0, 0.1) is 12.3 Å². The highest BCUT2D eigenvalue weighted by molar-refractivity contribution is 6.09. The van der Waals surface area contributed by atoms with E-state index in [9.17, 15) is 13.2 Å². The van der Waals surface area contributed by atoms with E-state index in [1.54, 1.807) is 6.07 Å². The molecule has 158 valence electrons. The number of benzene rings is 2. The lowest BCUT2D eigenvalue weighted by Crippen LogP contribution is -2.24. The van der Waals surface area contributed by atoms with Crippen LogP contribution in [0.25, 0.3) is 33.1 Å². The van der Waals surface area contributed by atoms with Crippen LogP contribution in [0.1, 0.15) is 35.2 Å². The fraction of sp³-hybridized carbons (Fsp3) is 0.250. The Morgan fingerprint density at radius 1 is 1.06 bits per heavy atom. The van der Waals surface area contributed by atoms with E-state index in [1.165, 1.54) is 17.7 Å². The molecule has 2 heterocycles. The van der Waals surface area contributed by atoms with Crippen LogP contribution < -0.4 is 5.73 Å². The first-order valence-corrected chi connectivity index (χ1v) is 10.2. The van der Waals surface area contributed by atoms with E-state index in [0.29, 0.717) is 11.3 Å². The second-order valence-electron chi connectivity index (χ2n) is 8.17. The van der Waals surface area contributed by atoms with Crippen LogP contribution in [-0.2, 0) is 12.8 Å². The van der Waals surface area contributed by atoms with Crippen molar-refractivity contribution in [2.45, 2.75) is 38.8 Å². The molecule has 2 aromatic heterocycles. The summed E-state index contributed by atoms with van der Waals surface area (Å²) in [6.07, 6.45) is -0.956. The fourth-order valence-electron chi connectivity index (χ4n) is 4.68. The molecule has 0 spiro atoms. The fourth-order valence-corrected chi connectivity index (χ4v) is 4.68. The van der Waals surface area contributed by atoms with Crippen LogP contribution in [0.4, 0.5) is 18.9 Å². The number of hydrogen-bond acceptors (Lipinski definition) is 3. The highest BCUT2D eigenvalue weighted by Gasteiger charge is 2.36. The molecule has 1 aliphatic carbocycles. The summed E-state index contributed by atoms with van der Waals surface area (Å²) in [5.41, 5.74) is 10.5. The van der Waals surface area contributed by atoms with Gasteiger partial charge in [0.25, 0.3) is 0 Å². The van der Waals surface area contributed by atoms with Crippen molar-refractivity contribution in [3.8, 4) is 11.3 Å². The molecule has 2 aromatic carbocycles. The summed E-state index contributed by atoms with van der Waals surface area (Å²) >= 11 is 0. The number of aromatic nitrogens is 2. The summed E-state index contributed by atoms with van der Waals surface area (Å²) in [6.45, 7) is 2.02. The van der Waals surface area contributed by atoms with Crippen molar-refractivity contribution in [1.82, 2.24) is 9.97 Å². The highest BCUT2D eigenvalue weighted by atomic mass is 19.4. The van der Waals surface area contributed by atoms with Crippen molar-refractivity contribution in [2.24, 2.45) is 0 Å². The monoisotopic (exact) mass is 422 g/mol. The largest absolute Gasteiger partial charge is 0.433 e. The second-order valence-corrected chi connectivity index (χ2v) is 8.17. The SMILES string of the molecule is Cc1cc2c(ccc3nc(-c4ccc(N)c(C(=N)C(F)(F)F)c4)c4c(c32)CCCC4)[nH]1. The van der Waals surface area contributed by atoms with Gasteiger partial charge in [0.2, 0.25) is 0 Å². The maximum absolute atomic E-state index is 13.2. The number of anilines is 1. The molecule has 0 atom stereocenters. The number of hydrogen-bond donors (Lipinski definition) is 3. The van der Waals surface area contributed by atoms with Crippen LogP contribution in [-0.4, -0.2) is 21.9 Å². The van der Waals surface area contributed by atoms with Crippen molar-refractivity contribution < 1.29 is 13.2 Å². The molecular weight excluding hydrogens is 401 g/mol. The predicted molar refractivity (Wildman–Crippen MR) is 118 cm³/mol. The van der Waals surface area contributed by atoms with Crippen molar-refractivity contribution in [2.75, 3.05) is 5.73 Å². The molecule has 5 rings (SSSR count). The molecule has 0 fully saturated rings. The van der Waals surface area contributed by atoms with Gasteiger partial charge in [-0.25, -0.2) is 4.98 Å². The zero-order chi connectivity index (χ0) is 21.9. The van der Waals surface area contributed by atoms with Crippen LogP contribution in [0.3, 0.4) is 0 Å². The Hall–Kier alpha value is -3.35. The second kappa shape index (κ2) is 6.83. The van der Waals surface area contributed by atoms with E-state index >= 15 is 0 Å². The number of alkyl halides is 3. The van der Waals surface area contributed by atoms with E-state index in [4.69, 9.17) is 16.1 Å². The van der Waals surface area contributed by atoms with Gasteiger partial charge in [-0.05, 0) is 74.1 Å². The molecule has 0 unspecified atom stereocenters. The number of nitrogens with one attached hydrogen (secondary N) is 2. The minimum atomic E-state index is -4.76. The Kier molecular flexibility index (Phi) is 4.32. The Balaban J connectivity index is 1.78. The van der Waals surface area contributed by atoms with Gasteiger partial charge in [-0.1, -0.05) is 6.07 Å². The van der Waals surface area contributed by atoms with Crippen LogP contribution in [0.2, 0.25) is 0 Å². The molecule has 4 nitrogen and oxygen atoms in total. The average Bonchev–Trinajstić information content (AvgIpc) is 3.12. The number of aryl methyl sites for hydroxylation is 2. The van der Waals surface area contributed by atoms with Crippen molar-refractivity contribution in [3.63, 3.8) is 0 Å². The first-order valence-electron chi connectivity index (χ1n) is 10.2. The lowest BCUT2D eigenvalue weighted by atomic mass is 9.85. The topological polar surface area (TPSA) is 78.5 Å². The number of rotatable bonds is 2. The molecule has 1 aliphatic rings. The van der Waals surface area contributed by atoms with Gasteiger partial charge in [-0.3, -0.25) is 5.41 Å². The zero-order valence-corrected chi connectivity index (χ0v) is 17.0. The third-order valence-electron chi connectivity index (χ3n) is 6.08. The molecule has 4 N–H and O–H groups in total. The van der Waals surface area contributed by atoms with E-state index in [0.717, 1.165) is 58.7 Å². The van der Waals surface area contributed by atoms with E-state index in [1.807, 2.05) is 19.1 Å². The van der Waals surface area contributed by atoms with Gasteiger partial charge >= 0.3 is 6.18 Å². The van der Waals surface area contributed by atoms with E-state index < -0.39 is 11.9 Å². The molecule has 31 heavy (non-hydrogen) atoms. The Bertz CT molecular complexity index is 1370. The number of nitrogen functional groups attached to an aromatic ring is 1. The van der Waals surface area contributed by atoms with Gasteiger partial charge in [-0.2, -0.15) is 13.2 Å². The van der Waals surface area contributed by atoms with Gasteiger partial charge in [0.05, 0.1) is 11.2 Å². The Morgan fingerprint density at radius 2 is 1.81 bits per heavy atom. The number of halogens is 3. The van der Waals surface area contributed by atoms with Crippen LogP contribution >= 0.6 is 0 Å². The Labute approximate surface area is 176 Å². The smallest absolute Gasteiger partial charge is 0.398 e. The molecule has 0 saturated carbocycles. The minimum absolute atomic E-state index is 0.0646. The molecular formula is C24H21F3N4. The molecule has 0 aliphatic heterocycles. The summed E-state index contributed by atoms with van der Waals surface area (Å²) in [6, 6.07) is 10.6. The number of pyridine rings is 1. The van der Waals surface area contributed by atoms with Crippen LogP contribution in [0.5, 0.6) is 0 Å². The average molecular weight is 422 g/mol. The van der Waals surface area contributed by atoms with Crippen molar-refractivity contribution in [1.29, 1.82) is 5.41 Å². The summed E-state index contributed by atoms with van der Waals surface area (Å²) in [5, 5.41) is 9.82. The number of fused-ring (bicyclic) bond motifs is 5. The zero-order valence-electron chi connectivity index (χ0n) is 17.0. The summed E-state index contributed by atoms with van der Waals surface area (Å²) in [4.78, 5) is 8.28.